The topological polar surface area (TPSA) is 55.8 Å². The lowest BCUT2D eigenvalue weighted by molar-refractivity contribution is 0.0994. The van der Waals surface area contributed by atoms with E-state index in [1.165, 1.54) is 0 Å². The van der Waals surface area contributed by atoms with Crippen molar-refractivity contribution in [1.29, 1.82) is 0 Å². The Labute approximate surface area is 118 Å². The van der Waals surface area contributed by atoms with Crippen LogP contribution in [0.4, 0.5) is 9.59 Å². The molecule has 1 saturated heterocycles. The van der Waals surface area contributed by atoms with Crippen LogP contribution < -0.4 is 0 Å². The summed E-state index contributed by atoms with van der Waals surface area (Å²) in [5, 5.41) is 0. The average Bonchev–Trinajstić information content (AvgIpc) is 2.78. The van der Waals surface area contributed by atoms with Crippen LogP contribution in [0, 0.1) is 0 Å². The van der Waals surface area contributed by atoms with Crippen LogP contribution in [-0.2, 0) is 16.1 Å². The predicted octanol–water partition coefficient (Wildman–Crippen LogP) is 2.58. The van der Waals surface area contributed by atoms with Gasteiger partial charge in [-0.05, 0) is 5.56 Å². The Hall–Kier alpha value is -1.31. The molecule has 1 aromatic rings. The maximum Gasteiger partial charge on any atom is 0.420 e. The van der Waals surface area contributed by atoms with E-state index in [-0.39, 0.29) is 19.3 Å². The zero-order chi connectivity index (χ0) is 13.0. The second kappa shape index (κ2) is 6.03. The van der Waals surface area contributed by atoms with Gasteiger partial charge in [0.25, 0.3) is 0 Å². The molecule has 0 aliphatic carbocycles. The number of benzene rings is 1. The smallest absolute Gasteiger partial charge is 0.420 e. The lowest BCUT2D eigenvalue weighted by Crippen LogP contribution is -2.40. The molecule has 1 heterocycles. The summed E-state index contributed by atoms with van der Waals surface area (Å²) >= 11 is 2.11. The maximum atomic E-state index is 11.8. The van der Waals surface area contributed by atoms with Crippen molar-refractivity contribution in [1.82, 2.24) is 4.90 Å². The van der Waals surface area contributed by atoms with Gasteiger partial charge in [0, 0.05) is 4.43 Å². The first-order valence-electron chi connectivity index (χ1n) is 5.45. The van der Waals surface area contributed by atoms with Crippen molar-refractivity contribution in [3.63, 3.8) is 0 Å². The third kappa shape index (κ3) is 2.92. The maximum absolute atomic E-state index is 11.8. The van der Waals surface area contributed by atoms with Gasteiger partial charge in [0.15, 0.2) is 0 Å². The summed E-state index contributed by atoms with van der Waals surface area (Å²) in [6.45, 7) is 0.389. The number of hydrogen-bond acceptors (Lipinski definition) is 4. The molecule has 1 aromatic carbocycles. The van der Waals surface area contributed by atoms with Gasteiger partial charge in [-0.25, -0.2) is 14.5 Å². The molecule has 6 heteroatoms. The number of amides is 2. The van der Waals surface area contributed by atoms with Crippen molar-refractivity contribution in [2.24, 2.45) is 0 Å². The number of cyclic esters (lactones) is 1. The molecular weight excluding hydrogens is 349 g/mol. The van der Waals surface area contributed by atoms with E-state index in [1.54, 1.807) is 0 Å². The summed E-state index contributed by atoms with van der Waals surface area (Å²) in [5.41, 5.74) is 0.879. The Bertz CT molecular complexity index is 437. The fourth-order valence-corrected chi connectivity index (χ4v) is 2.23. The largest absolute Gasteiger partial charge is 0.447 e. The molecule has 18 heavy (non-hydrogen) atoms. The van der Waals surface area contributed by atoms with Crippen molar-refractivity contribution in [2.75, 3.05) is 11.0 Å². The standard InChI is InChI=1S/C12H12INO4/c13-6-10-8-18-12(16)14(10)11(15)17-7-9-4-2-1-3-5-9/h1-5,10H,6-8H2. The quantitative estimate of drug-likeness (QED) is 0.614. The molecule has 1 fully saturated rings. The minimum absolute atomic E-state index is 0.150. The fourth-order valence-electron chi connectivity index (χ4n) is 1.59. The zero-order valence-corrected chi connectivity index (χ0v) is 11.7. The van der Waals surface area contributed by atoms with Crippen LogP contribution in [0.3, 0.4) is 0 Å². The average molecular weight is 361 g/mol. The van der Waals surface area contributed by atoms with E-state index < -0.39 is 12.2 Å². The second-order valence-electron chi connectivity index (χ2n) is 3.80. The molecule has 5 nitrogen and oxygen atoms in total. The monoisotopic (exact) mass is 361 g/mol. The normalized spacial score (nSPS) is 18.6. The Morgan fingerprint density at radius 2 is 2.17 bits per heavy atom. The first kappa shape index (κ1) is 13.1. The molecule has 1 unspecified atom stereocenters. The lowest BCUT2D eigenvalue weighted by Gasteiger charge is -2.17. The summed E-state index contributed by atoms with van der Waals surface area (Å²) in [4.78, 5) is 24.2. The molecule has 0 radical (unpaired) electrons. The number of alkyl halides is 1. The summed E-state index contributed by atoms with van der Waals surface area (Å²) in [7, 11) is 0. The Morgan fingerprint density at radius 1 is 1.44 bits per heavy atom. The molecule has 0 aromatic heterocycles. The zero-order valence-electron chi connectivity index (χ0n) is 9.54. The second-order valence-corrected chi connectivity index (χ2v) is 4.68. The molecule has 2 amide bonds. The number of imide groups is 1. The van der Waals surface area contributed by atoms with Crippen molar-refractivity contribution in [2.45, 2.75) is 12.6 Å². The van der Waals surface area contributed by atoms with E-state index in [9.17, 15) is 9.59 Å². The van der Waals surface area contributed by atoms with Gasteiger partial charge in [0.2, 0.25) is 0 Å². The Balaban J connectivity index is 1.93. The van der Waals surface area contributed by atoms with E-state index in [2.05, 4.69) is 22.6 Å². The molecule has 1 aliphatic rings. The molecule has 0 N–H and O–H groups in total. The number of nitrogens with zero attached hydrogens (tertiary/aromatic N) is 1. The number of hydrogen-bond donors (Lipinski definition) is 0. The minimum Gasteiger partial charge on any atom is -0.447 e. The number of halogens is 1. The van der Waals surface area contributed by atoms with Gasteiger partial charge < -0.3 is 9.47 Å². The SMILES string of the molecule is O=C(OCc1ccccc1)N1C(=O)OCC1CI. The number of carbonyl (C=O) groups excluding carboxylic acids is 2. The summed E-state index contributed by atoms with van der Waals surface area (Å²) < 4.78 is 10.5. The third-order valence-corrected chi connectivity index (χ3v) is 3.56. The summed E-state index contributed by atoms with van der Waals surface area (Å²) in [5.74, 6) is 0. The van der Waals surface area contributed by atoms with E-state index in [0.717, 1.165) is 10.5 Å². The predicted molar refractivity (Wildman–Crippen MR) is 72.5 cm³/mol. The van der Waals surface area contributed by atoms with Crippen molar-refractivity contribution >= 4 is 34.8 Å². The molecule has 1 atom stereocenters. The highest BCUT2D eigenvalue weighted by Crippen LogP contribution is 2.16. The molecule has 2 rings (SSSR count). The van der Waals surface area contributed by atoms with Crippen molar-refractivity contribution < 1.29 is 19.1 Å². The highest BCUT2D eigenvalue weighted by atomic mass is 127. The van der Waals surface area contributed by atoms with Gasteiger partial charge in [-0.3, -0.25) is 0 Å². The van der Waals surface area contributed by atoms with Crippen LogP contribution in [0.2, 0.25) is 0 Å². The van der Waals surface area contributed by atoms with Crippen LogP contribution in [0.1, 0.15) is 5.56 Å². The van der Waals surface area contributed by atoms with Gasteiger partial charge >= 0.3 is 12.2 Å². The first-order chi connectivity index (χ1) is 8.72. The first-order valence-corrected chi connectivity index (χ1v) is 6.97. The van der Waals surface area contributed by atoms with Gasteiger partial charge in [-0.1, -0.05) is 52.9 Å². The molecule has 0 bridgehead atoms. The van der Waals surface area contributed by atoms with Gasteiger partial charge in [0.05, 0.1) is 6.04 Å². The summed E-state index contributed by atoms with van der Waals surface area (Å²) in [6, 6.07) is 9.08. The van der Waals surface area contributed by atoms with Crippen molar-refractivity contribution in [3.8, 4) is 0 Å². The van der Waals surface area contributed by atoms with Crippen LogP contribution in [-0.4, -0.2) is 34.2 Å². The van der Waals surface area contributed by atoms with Crippen LogP contribution in [0.15, 0.2) is 30.3 Å². The van der Waals surface area contributed by atoms with Crippen LogP contribution in [0.5, 0.6) is 0 Å². The Morgan fingerprint density at radius 3 is 2.83 bits per heavy atom. The van der Waals surface area contributed by atoms with Crippen LogP contribution >= 0.6 is 22.6 Å². The van der Waals surface area contributed by atoms with E-state index in [1.807, 2.05) is 30.3 Å². The Kier molecular flexibility index (Phi) is 4.40. The van der Waals surface area contributed by atoms with Gasteiger partial charge in [0.1, 0.15) is 13.2 Å². The van der Waals surface area contributed by atoms with Crippen molar-refractivity contribution in [3.05, 3.63) is 35.9 Å². The number of rotatable bonds is 3. The lowest BCUT2D eigenvalue weighted by atomic mass is 10.2. The highest BCUT2D eigenvalue weighted by Gasteiger charge is 2.38. The minimum atomic E-state index is -0.650. The number of ether oxygens (including phenoxy) is 2. The fraction of sp³-hybridized carbons (Fsp3) is 0.333. The van der Waals surface area contributed by atoms with E-state index >= 15 is 0 Å². The van der Waals surface area contributed by atoms with Gasteiger partial charge in [-0.2, -0.15) is 0 Å². The number of carbonyl (C=O) groups is 2. The third-order valence-electron chi connectivity index (χ3n) is 2.54. The van der Waals surface area contributed by atoms with E-state index in [0.29, 0.717) is 4.43 Å². The molecule has 1 aliphatic heterocycles. The van der Waals surface area contributed by atoms with Gasteiger partial charge in [-0.15, -0.1) is 0 Å². The molecular formula is C12H12INO4. The summed E-state index contributed by atoms with van der Waals surface area (Å²) in [6.07, 6.45) is -1.28. The van der Waals surface area contributed by atoms with E-state index in [4.69, 9.17) is 9.47 Å². The molecule has 0 spiro atoms. The molecule has 0 saturated carbocycles. The highest BCUT2D eigenvalue weighted by molar-refractivity contribution is 14.1. The van der Waals surface area contributed by atoms with Crippen LogP contribution in [0.25, 0.3) is 0 Å². The molecule has 96 valence electrons.